The third-order valence-electron chi connectivity index (χ3n) is 1.17. The minimum absolute atomic E-state index is 0.872. The van der Waals surface area contributed by atoms with E-state index in [1.165, 1.54) is 0 Å². The third-order valence-corrected chi connectivity index (χ3v) is 1.67. The average Bonchev–Trinajstić information content (AvgIpc) is 1.91. The van der Waals surface area contributed by atoms with Gasteiger partial charge in [-0.25, -0.2) is 4.76 Å². The summed E-state index contributed by atoms with van der Waals surface area (Å²) in [6.07, 6.45) is 1.13. The summed E-state index contributed by atoms with van der Waals surface area (Å²) < 4.78 is 3.95. The van der Waals surface area contributed by atoms with E-state index in [4.69, 9.17) is 0 Å². The fourth-order valence-electron chi connectivity index (χ4n) is 0.687. The highest BCUT2D eigenvalue weighted by Crippen LogP contribution is 1.93. The van der Waals surface area contributed by atoms with Crippen LogP contribution >= 0.6 is 18.8 Å². The van der Waals surface area contributed by atoms with E-state index in [2.05, 4.69) is 40.5 Å². The van der Waals surface area contributed by atoms with Crippen LogP contribution in [-0.4, -0.2) is 24.5 Å². The van der Waals surface area contributed by atoms with Crippen molar-refractivity contribution in [3.63, 3.8) is 0 Å². The summed E-state index contributed by atoms with van der Waals surface area (Å²) in [6, 6.07) is 0. The summed E-state index contributed by atoms with van der Waals surface area (Å²) in [5, 5.41) is 2.91. The van der Waals surface area contributed by atoms with Crippen molar-refractivity contribution in [2.45, 2.75) is 13.3 Å². The molecule has 0 aliphatic heterocycles. The zero-order valence-electron chi connectivity index (χ0n) is 6.46. The summed E-state index contributed by atoms with van der Waals surface area (Å²) in [6.45, 7) is 3.16. The van der Waals surface area contributed by atoms with E-state index in [0.717, 1.165) is 18.9 Å². The summed E-state index contributed by atoms with van der Waals surface area (Å²) in [5.41, 5.74) is 0. The molecular weight excluding hydrogens is 164 g/mol. The van der Waals surface area contributed by atoms with E-state index in [9.17, 15) is 0 Å². The minimum atomic E-state index is 0.872. The standard InChI is InChI=1S/C5H15N3P2/c1-3-4-8(2)5(6-9)7-10/h3-4,9-10H2,1-2H3,(H,6,7). The highest BCUT2D eigenvalue weighted by atomic mass is 31.0. The molecule has 5 heteroatoms. The average molecular weight is 179 g/mol. The second-order valence-electron chi connectivity index (χ2n) is 2.02. The molecule has 0 aliphatic rings. The monoisotopic (exact) mass is 179 g/mol. The highest BCUT2D eigenvalue weighted by molar-refractivity contribution is 7.16. The number of nitrogens with zero attached hydrogens (tertiary/aromatic N) is 2. The van der Waals surface area contributed by atoms with E-state index >= 15 is 0 Å². The molecule has 0 saturated heterocycles. The minimum Gasteiger partial charge on any atom is -0.346 e. The Hall–Kier alpha value is 0.130. The third kappa shape index (κ3) is 3.34. The summed E-state index contributed by atoms with van der Waals surface area (Å²) in [7, 11) is 6.75. The molecule has 0 heterocycles. The molecule has 0 saturated carbocycles. The fraction of sp³-hybridized carbons (Fsp3) is 0.800. The maximum atomic E-state index is 3.95. The van der Waals surface area contributed by atoms with Crippen LogP contribution in [0.15, 0.2) is 4.76 Å². The predicted octanol–water partition coefficient (Wildman–Crippen LogP) is 0.854. The second-order valence-corrected chi connectivity index (χ2v) is 2.57. The van der Waals surface area contributed by atoms with Gasteiger partial charge in [-0.05, 0) is 25.2 Å². The summed E-state index contributed by atoms with van der Waals surface area (Å²) in [5.74, 6) is 0.872. The van der Waals surface area contributed by atoms with Gasteiger partial charge in [0.2, 0.25) is 0 Å². The van der Waals surface area contributed by atoms with Gasteiger partial charge in [0.05, 0.1) is 0 Å². The van der Waals surface area contributed by atoms with Crippen molar-refractivity contribution >= 4 is 24.7 Å². The van der Waals surface area contributed by atoms with Crippen LogP contribution in [-0.2, 0) is 0 Å². The first-order valence-corrected chi connectivity index (χ1v) is 4.31. The Kier molecular flexibility index (Phi) is 5.96. The highest BCUT2D eigenvalue weighted by Gasteiger charge is 1.99. The number of guanidine groups is 1. The number of hydrogen-bond acceptors (Lipinski definition) is 1. The van der Waals surface area contributed by atoms with Crippen LogP contribution in [0.3, 0.4) is 0 Å². The van der Waals surface area contributed by atoms with Crippen LogP contribution in [0.4, 0.5) is 0 Å². The van der Waals surface area contributed by atoms with Gasteiger partial charge in [-0.15, -0.1) is 0 Å². The van der Waals surface area contributed by atoms with Crippen LogP contribution in [0.25, 0.3) is 0 Å². The van der Waals surface area contributed by atoms with E-state index in [1.807, 2.05) is 7.05 Å². The normalized spacial score (nSPS) is 11.4. The molecule has 0 spiro atoms. The van der Waals surface area contributed by atoms with Gasteiger partial charge >= 0.3 is 0 Å². The Morgan fingerprint density at radius 3 is 2.60 bits per heavy atom. The van der Waals surface area contributed by atoms with E-state index in [1.54, 1.807) is 0 Å². The van der Waals surface area contributed by atoms with Gasteiger partial charge in [0, 0.05) is 13.6 Å². The van der Waals surface area contributed by atoms with Crippen molar-refractivity contribution < 1.29 is 0 Å². The Bertz CT molecular complexity index is 115. The lowest BCUT2D eigenvalue weighted by atomic mass is 10.4. The van der Waals surface area contributed by atoms with Crippen molar-refractivity contribution in [1.29, 1.82) is 0 Å². The predicted molar refractivity (Wildman–Crippen MR) is 52.9 cm³/mol. The quantitative estimate of drug-likeness (QED) is 0.386. The molecule has 3 nitrogen and oxygen atoms in total. The van der Waals surface area contributed by atoms with E-state index < -0.39 is 0 Å². The summed E-state index contributed by atoms with van der Waals surface area (Å²) in [4.78, 5) is 2.06. The van der Waals surface area contributed by atoms with Gasteiger partial charge in [0.25, 0.3) is 0 Å². The molecule has 1 N–H and O–H groups in total. The number of rotatable bonds is 2. The molecule has 0 aliphatic carbocycles. The second kappa shape index (κ2) is 5.88. The largest absolute Gasteiger partial charge is 0.346 e. The Labute approximate surface area is 67.2 Å². The number of nitrogens with one attached hydrogen (secondary N) is 1. The first-order valence-electron chi connectivity index (χ1n) is 3.21. The lowest BCUT2D eigenvalue weighted by Gasteiger charge is -2.18. The molecule has 0 amide bonds. The first-order chi connectivity index (χ1) is 4.76. The number of hydrogen-bond donors (Lipinski definition) is 1. The van der Waals surface area contributed by atoms with Crippen molar-refractivity contribution in [3.05, 3.63) is 0 Å². The molecule has 2 atom stereocenters. The molecule has 2 unspecified atom stereocenters. The molecule has 60 valence electrons. The molecule has 0 radical (unpaired) electrons. The molecule has 0 bridgehead atoms. The smallest absolute Gasteiger partial charge is 0.199 e. The van der Waals surface area contributed by atoms with Gasteiger partial charge in [0.1, 0.15) is 0 Å². The van der Waals surface area contributed by atoms with Crippen LogP contribution in [0.2, 0.25) is 0 Å². The Morgan fingerprint density at radius 2 is 2.30 bits per heavy atom. The molecule has 0 aromatic heterocycles. The van der Waals surface area contributed by atoms with Crippen molar-refractivity contribution in [1.82, 2.24) is 9.99 Å². The molecule has 0 fully saturated rings. The first kappa shape index (κ1) is 10.1. The molecule has 0 rings (SSSR count). The van der Waals surface area contributed by atoms with Gasteiger partial charge in [-0.3, -0.25) is 0 Å². The Morgan fingerprint density at radius 1 is 1.70 bits per heavy atom. The molecular formula is C5H15N3P2. The summed E-state index contributed by atoms with van der Waals surface area (Å²) >= 11 is 0. The van der Waals surface area contributed by atoms with Gasteiger partial charge in [-0.2, -0.15) is 0 Å². The zero-order chi connectivity index (χ0) is 7.98. The van der Waals surface area contributed by atoms with Gasteiger partial charge in [0.15, 0.2) is 5.96 Å². The van der Waals surface area contributed by atoms with Crippen LogP contribution < -0.4 is 5.09 Å². The SMILES string of the molecule is CCCN(C)C(=NP)NP. The molecule has 10 heavy (non-hydrogen) atoms. The van der Waals surface area contributed by atoms with Crippen LogP contribution in [0, 0.1) is 0 Å². The lowest BCUT2D eigenvalue weighted by Crippen LogP contribution is -2.33. The van der Waals surface area contributed by atoms with Gasteiger partial charge in [-0.1, -0.05) is 6.92 Å². The fourth-order valence-corrected chi connectivity index (χ4v) is 1.40. The Balaban J connectivity index is 3.77. The lowest BCUT2D eigenvalue weighted by molar-refractivity contribution is 0.493. The molecule has 0 aromatic carbocycles. The van der Waals surface area contributed by atoms with E-state index in [-0.39, 0.29) is 0 Å². The molecule has 0 aromatic rings. The maximum absolute atomic E-state index is 3.95. The van der Waals surface area contributed by atoms with Crippen LogP contribution in [0.5, 0.6) is 0 Å². The van der Waals surface area contributed by atoms with Gasteiger partial charge < -0.3 is 9.99 Å². The van der Waals surface area contributed by atoms with Crippen molar-refractivity contribution in [3.8, 4) is 0 Å². The zero-order valence-corrected chi connectivity index (χ0v) is 8.77. The topological polar surface area (TPSA) is 27.6 Å². The van der Waals surface area contributed by atoms with Crippen molar-refractivity contribution in [2.24, 2.45) is 4.76 Å². The van der Waals surface area contributed by atoms with E-state index in [0.29, 0.717) is 0 Å². The van der Waals surface area contributed by atoms with Crippen LogP contribution in [0.1, 0.15) is 13.3 Å². The maximum Gasteiger partial charge on any atom is 0.199 e. The van der Waals surface area contributed by atoms with Crippen molar-refractivity contribution in [2.75, 3.05) is 13.6 Å².